The van der Waals surface area contributed by atoms with E-state index in [0.717, 1.165) is 41.1 Å². The van der Waals surface area contributed by atoms with Crippen LogP contribution < -0.4 is 9.47 Å². The molecule has 6 heteroatoms. The second-order valence-electron chi connectivity index (χ2n) is 7.98. The highest BCUT2D eigenvalue weighted by Gasteiger charge is 2.15. The van der Waals surface area contributed by atoms with Crippen LogP contribution in [0.2, 0.25) is 0 Å². The number of aromatic nitrogens is 1. The Bertz CT molecular complexity index is 1010. The quantitative estimate of drug-likeness (QED) is 0.464. The van der Waals surface area contributed by atoms with Crippen molar-refractivity contribution < 1.29 is 14.3 Å². The molecule has 1 saturated heterocycles. The van der Waals surface area contributed by atoms with Crippen molar-refractivity contribution in [3.8, 4) is 11.5 Å². The predicted octanol–water partition coefficient (Wildman–Crippen LogP) is 5.32. The Kier molecular flexibility index (Phi) is 7.99. The third-order valence-corrected chi connectivity index (χ3v) is 5.83. The van der Waals surface area contributed by atoms with E-state index in [1.165, 1.54) is 32.4 Å². The number of piperidine rings is 1. The monoisotopic (exact) mass is 442 g/mol. The highest BCUT2D eigenvalue weighted by molar-refractivity contribution is 6.03. The van der Waals surface area contributed by atoms with E-state index in [1.54, 1.807) is 11.7 Å². The van der Waals surface area contributed by atoms with Crippen molar-refractivity contribution in [3.05, 3.63) is 59.8 Å². The molecule has 5 nitrogen and oxygen atoms in total. The molecular formula is C25H31ClN2O3. The first-order chi connectivity index (χ1) is 14.7. The molecule has 0 bridgehead atoms. The van der Waals surface area contributed by atoms with Gasteiger partial charge in [0.1, 0.15) is 11.5 Å². The normalized spacial score (nSPS) is 14.3. The lowest BCUT2D eigenvalue weighted by atomic mass is 10.1. The Hall–Kier alpha value is -2.50. The summed E-state index contributed by atoms with van der Waals surface area (Å²) in [5, 5.41) is 0.994. The average Bonchev–Trinajstić information content (AvgIpc) is 3.12. The highest BCUT2D eigenvalue weighted by Crippen LogP contribution is 2.25. The smallest absolute Gasteiger partial charge is 0.262 e. The topological polar surface area (TPSA) is 43.7 Å². The van der Waals surface area contributed by atoms with Gasteiger partial charge in [0.15, 0.2) is 0 Å². The van der Waals surface area contributed by atoms with Gasteiger partial charge in [-0.3, -0.25) is 9.36 Å². The molecule has 0 unspecified atom stereocenters. The number of nitrogens with zero attached hydrogens (tertiary/aromatic N) is 2. The van der Waals surface area contributed by atoms with Gasteiger partial charge in [-0.2, -0.15) is 0 Å². The standard InChI is InChI=1S/C25H30N2O3.ClH/c1-19-17-21-18-23(29-2)11-12-24(21)27(19)25(28)20-7-9-22(10-8-20)30-16-6-15-26-13-4-3-5-14-26;/h7-12,17-18H,3-6,13-16H2,1-2H3;1H. The van der Waals surface area contributed by atoms with Gasteiger partial charge in [0.25, 0.3) is 5.91 Å². The largest absolute Gasteiger partial charge is 0.497 e. The molecule has 0 amide bonds. The molecular weight excluding hydrogens is 412 g/mol. The number of halogens is 1. The SMILES string of the molecule is COc1ccc2c(c1)cc(C)n2C(=O)c1ccc(OCCCN2CCCCC2)cc1.Cl. The Morgan fingerprint density at radius 3 is 2.39 bits per heavy atom. The van der Waals surface area contributed by atoms with Crippen LogP contribution in [-0.2, 0) is 0 Å². The Morgan fingerprint density at radius 2 is 1.68 bits per heavy atom. The highest BCUT2D eigenvalue weighted by atomic mass is 35.5. The van der Waals surface area contributed by atoms with Gasteiger partial charge in [-0.15, -0.1) is 12.4 Å². The van der Waals surface area contributed by atoms with Gasteiger partial charge in [-0.1, -0.05) is 6.42 Å². The Labute approximate surface area is 190 Å². The van der Waals surface area contributed by atoms with Crippen LogP contribution in [-0.4, -0.2) is 48.7 Å². The van der Waals surface area contributed by atoms with E-state index in [1.807, 2.05) is 55.5 Å². The van der Waals surface area contributed by atoms with E-state index < -0.39 is 0 Å². The van der Waals surface area contributed by atoms with Crippen LogP contribution in [0.15, 0.2) is 48.5 Å². The number of fused-ring (bicyclic) bond motifs is 1. The number of carbonyl (C=O) groups excluding carboxylic acids is 1. The van der Waals surface area contributed by atoms with Crippen molar-refractivity contribution in [2.24, 2.45) is 0 Å². The van der Waals surface area contributed by atoms with Crippen molar-refractivity contribution in [1.29, 1.82) is 0 Å². The van der Waals surface area contributed by atoms with Crippen molar-refractivity contribution in [1.82, 2.24) is 9.47 Å². The summed E-state index contributed by atoms with van der Waals surface area (Å²) < 4.78 is 12.9. The van der Waals surface area contributed by atoms with E-state index in [4.69, 9.17) is 9.47 Å². The van der Waals surface area contributed by atoms with Gasteiger partial charge in [-0.05, 0) is 87.8 Å². The van der Waals surface area contributed by atoms with Crippen LogP contribution in [0.5, 0.6) is 11.5 Å². The molecule has 0 N–H and O–H groups in total. The summed E-state index contributed by atoms with van der Waals surface area (Å²) in [4.78, 5) is 15.7. The zero-order valence-electron chi connectivity index (χ0n) is 18.3. The van der Waals surface area contributed by atoms with E-state index >= 15 is 0 Å². The molecule has 4 rings (SSSR count). The number of likely N-dealkylation sites (tertiary alicyclic amines) is 1. The number of rotatable bonds is 7. The van der Waals surface area contributed by atoms with E-state index in [0.29, 0.717) is 12.2 Å². The lowest BCUT2D eigenvalue weighted by Crippen LogP contribution is -2.31. The summed E-state index contributed by atoms with van der Waals surface area (Å²) >= 11 is 0. The van der Waals surface area contributed by atoms with Crippen LogP contribution in [0, 0.1) is 6.92 Å². The lowest BCUT2D eigenvalue weighted by molar-refractivity contribution is 0.0963. The van der Waals surface area contributed by atoms with Crippen LogP contribution in [0.1, 0.15) is 41.7 Å². The van der Waals surface area contributed by atoms with Crippen LogP contribution in [0.3, 0.4) is 0 Å². The molecule has 31 heavy (non-hydrogen) atoms. The third kappa shape index (κ3) is 5.41. The second-order valence-corrected chi connectivity index (χ2v) is 7.98. The minimum absolute atomic E-state index is 0. The van der Waals surface area contributed by atoms with Crippen molar-refractivity contribution >= 4 is 29.2 Å². The van der Waals surface area contributed by atoms with E-state index in [9.17, 15) is 4.79 Å². The fourth-order valence-corrected chi connectivity index (χ4v) is 4.21. The number of methoxy groups -OCH3 is 1. The van der Waals surface area contributed by atoms with Crippen LogP contribution in [0.4, 0.5) is 0 Å². The Balaban J connectivity index is 0.00000272. The van der Waals surface area contributed by atoms with Gasteiger partial charge in [0.05, 0.1) is 19.2 Å². The van der Waals surface area contributed by atoms with Crippen molar-refractivity contribution in [2.45, 2.75) is 32.6 Å². The molecule has 0 aliphatic carbocycles. The fourth-order valence-electron chi connectivity index (χ4n) is 4.21. The molecule has 3 aromatic rings. The summed E-state index contributed by atoms with van der Waals surface area (Å²) in [5.74, 6) is 1.56. The van der Waals surface area contributed by atoms with Crippen LogP contribution in [0.25, 0.3) is 10.9 Å². The number of aryl methyl sites for hydroxylation is 1. The predicted molar refractivity (Wildman–Crippen MR) is 127 cm³/mol. The molecule has 1 aliphatic rings. The zero-order valence-corrected chi connectivity index (χ0v) is 19.1. The van der Waals surface area contributed by atoms with Gasteiger partial charge >= 0.3 is 0 Å². The molecule has 1 aromatic heterocycles. The molecule has 0 atom stereocenters. The van der Waals surface area contributed by atoms with E-state index in [2.05, 4.69) is 4.90 Å². The molecule has 166 valence electrons. The van der Waals surface area contributed by atoms with Gasteiger partial charge < -0.3 is 14.4 Å². The second kappa shape index (κ2) is 10.7. The molecule has 0 saturated carbocycles. The minimum atomic E-state index is -0.0377. The lowest BCUT2D eigenvalue weighted by Gasteiger charge is -2.26. The molecule has 2 heterocycles. The third-order valence-electron chi connectivity index (χ3n) is 5.83. The fraction of sp³-hybridized carbons (Fsp3) is 0.400. The first-order valence-electron chi connectivity index (χ1n) is 10.8. The molecule has 1 aliphatic heterocycles. The van der Waals surface area contributed by atoms with Gasteiger partial charge in [-0.25, -0.2) is 0 Å². The van der Waals surface area contributed by atoms with Gasteiger partial charge in [0, 0.05) is 23.2 Å². The maximum atomic E-state index is 13.1. The minimum Gasteiger partial charge on any atom is -0.497 e. The molecule has 2 aromatic carbocycles. The molecule has 1 fully saturated rings. The van der Waals surface area contributed by atoms with Crippen molar-refractivity contribution in [2.75, 3.05) is 33.4 Å². The number of carbonyl (C=O) groups is 1. The van der Waals surface area contributed by atoms with Gasteiger partial charge in [0.2, 0.25) is 0 Å². The summed E-state index contributed by atoms with van der Waals surface area (Å²) in [6, 6.07) is 15.2. The molecule has 0 spiro atoms. The van der Waals surface area contributed by atoms with Crippen molar-refractivity contribution in [3.63, 3.8) is 0 Å². The first kappa shape index (κ1) is 23.2. The number of hydrogen-bond acceptors (Lipinski definition) is 4. The number of hydrogen-bond donors (Lipinski definition) is 0. The zero-order chi connectivity index (χ0) is 20.9. The maximum absolute atomic E-state index is 13.1. The summed E-state index contributed by atoms with van der Waals surface area (Å²) in [6.07, 6.45) is 5.03. The Morgan fingerprint density at radius 1 is 0.968 bits per heavy atom. The summed E-state index contributed by atoms with van der Waals surface area (Å²) in [5.41, 5.74) is 2.43. The van der Waals surface area contributed by atoms with E-state index in [-0.39, 0.29) is 18.3 Å². The maximum Gasteiger partial charge on any atom is 0.262 e. The molecule has 0 radical (unpaired) electrons. The van der Waals surface area contributed by atoms with Crippen LogP contribution >= 0.6 is 12.4 Å². The first-order valence-corrected chi connectivity index (χ1v) is 10.8. The number of benzene rings is 2. The number of ether oxygens (including phenoxy) is 2. The summed E-state index contributed by atoms with van der Waals surface area (Å²) in [6.45, 7) is 6.19. The summed E-state index contributed by atoms with van der Waals surface area (Å²) in [7, 11) is 1.65. The average molecular weight is 443 g/mol.